The molecule has 6 nitrogen and oxygen atoms in total. The van der Waals surface area contributed by atoms with Crippen LogP contribution < -0.4 is 5.32 Å². The molecule has 1 aliphatic rings. The van der Waals surface area contributed by atoms with Gasteiger partial charge in [-0.3, -0.25) is 9.20 Å². The fourth-order valence-corrected chi connectivity index (χ4v) is 4.38. The fraction of sp³-hybridized carbons (Fsp3) is 0.348. The van der Waals surface area contributed by atoms with Crippen LogP contribution in [-0.4, -0.2) is 40.6 Å². The Morgan fingerprint density at radius 3 is 2.61 bits per heavy atom. The number of hydrogen-bond acceptors (Lipinski definition) is 4. The van der Waals surface area contributed by atoms with Gasteiger partial charge < -0.3 is 10.1 Å². The number of esters is 1. The molecule has 0 radical (unpaired) electrons. The summed E-state index contributed by atoms with van der Waals surface area (Å²) in [7, 11) is 0. The molecule has 0 spiro atoms. The van der Waals surface area contributed by atoms with Crippen LogP contribution in [0.25, 0.3) is 16.8 Å². The number of benzene rings is 1. The summed E-state index contributed by atoms with van der Waals surface area (Å²) >= 11 is 6.11. The first-order chi connectivity index (χ1) is 15.7. The van der Waals surface area contributed by atoms with E-state index in [1.807, 2.05) is 18.2 Å². The highest BCUT2D eigenvalue weighted by molar-refractivity contribution is 6.30. The third-order valence-corrected chi connectivity index (χ3v) is 6.11. The molecule has 3 aromatic rings. The summed E-state index contributed by atoms with van der Waals surface area (Å²) in [6, 6.07) is 12.5. The molecule has 0 saturated heterocycles. The molecule has 1 fully saturated rings. The molecule has 1 aliphatic carbocycles. The molecular weight excluding hydrogens is 459 g/mol. The zero-order chi connectivity index (χ0) is 23.6. The normalized spacial score (nSPS) is 15.5. The van der Waals surface area contributed by atoms with E-state index in [0.29, 0.717) is 29.1 Å². The van der Waals surface area contributed by atoms with Crippen molar-refractivity contribution in [2.24, 2.45) is 5.41 Å². The number of nitrogens with one attached hydrogen (secondary N) is 1. The second-order valence-corrected chi connectivity index (χ2v) is 8.65. The van der Waals surface area contributed by atoms with Gasteiger partial charge in [-0.1, -0.05) is 42.6 Å². The molecule has 1 N–H and O–H groups in total. The van der Waals surface area contributed by atoms with Crippen molar-refractivity contribution in [3.8, 4) is 11.3 Å². The average Bonchev–Trinajstić information content (AvgIpc) is 3.41. The number of aromatic nitrogens is 2. The topological polar surface area (TPSA) is 72.7 Å². The van der Waals surface area contributed by atoms with Crippen molar-refractivity contribution in [3.63, 3.8) is 0 Å². The SMILES string of the molecule is O=C(NCC1(COC(=O)C(F)(F)F)CCCC1)c1nc(-c2cccc(Cl)c2)c2ccccn12. The lowest BCUT2D eigenvalue weighted by Crippen LogP contribution is -2.41. The highest BCUT2D eigenvalue weighted by atomic mass is 35.5. The van der Waals surface area contributed by atoms with E-state index in [0.717, 1.165) is 18.4 Å². The summed E-state index contributed by atoms with van der Waals surface area (Å²) in [6.07, 6.45) is -0.672. The molecule has 1 aromatic carbocycles. The van der Waals surface area contributed by atoms with E-state index in [1.54, 1.807) is 34.9 Å². The lowest BCUT2D eigenvalue weighted by atomic mass is 9.87. The van der Waals surface area contributed by atoms with Gasteiger partial charge in [-0.05, 0) is 37.1 Å². The van der Waals surface area contributed by atoms with Gasteiger partial charge in [0.15, 0.2) is 0 Å². The third kappa shape index (κ3) is 4.98. The Labute approximate surface area is 192 Å². The van der Waals surface area contributed by atoms with Gasteiger partial charge in [0.2, 0.25) is 5.82 Å². The first kappa shape index (κ1) is 23.1. The lowest BCUT2D eigenvalue weighted by molar-refractivity contribution is -0.202. The smallest absolute Gasteiger partial charge is 0.458 e. The molecule has 0 aliphatic heterocycles. The summed E-state index contributed by atoms with van der Waals surface area (Å²) in [6.45, 7) is -0.326. The summed E-state index contributed by atoms with van der Waals surface area (Å²) in [5, 5.41) is 3.33. The molecule has 0 bridgehead atoms. The van der Waals surface area contributed by atoms with Gasteiger partial charge in [0.05, 0.1) is 17.8 Å². The number of carbonyl (C=O) groups excluding carboxylic acids is 2. The van der Waals surface area contributed by atoms with Gasteiger partial charge in [0.1, 0.15) is 0 Å². The quantitative estimate of drug-likeness (QED) is 0.502. The van der Waals surface area contributed by atoms with Crippen LogP contribution in [0.1, 0.15) is 36.3 Å². The molecule has 174 valence electrons. The Balaban J connectivity index is 1.55. The van der Waals surface area contributed by atoms with Gasteiger partial charge in [0, 0.05) is 28.7 Å². The van der Waals surface area contributed by atoms with Crippen molar-refractivity contribution in [1.29, 1.82) is 0 Å². The highest BCUT2D eigenvalue weighted by Gasteiger charge is 2.43. The van der Waals surface area contributed by atoms with Crippen LogP contribution >= 0.6 is 11.6 Å². The minimum atomic E-state index is -5.05. The number of pyridine rings is 1. The monoisotopic (exact) mass is 479 g/mol. The van der Waals surface area contributed by atoms with E-state index in [1.165, 1.54) is 0 Å². The van der Waals surface area contributed by atoms with Crippen molar-refractivity contribution < 1.29 is 27.5 Å². The molecule has 1 saturated carbocycles. The first-order valence-electron chi connectivity index (χ1n) is 10.4. The highest BCUT2D eigenvalue weighted by Crippen LogP contribution is 2.38. The maximum absolute atomic E-state index is 13.1. The number of amides is 1. The largest absolute Gasteiger partial charge is 0.490 e. The number of imidazole rings is 1. The van der Waals surface area contributed by atoms with Crippen molar-refractivity contribution in [1.82, 2.24) is 14.7 Å². The van der Waals surface area contributed by atoms with Crippen LogP contribution in [0.15, 0.2) is 48.7 Å². The van der Waals surface area contributed by atoms with Crippen molar-refractivity contribution in [2.45, 2.75) is 31.9 Å². The molecule has 0 unspecified atom stereocenters. The molecule has 1 amide bonds. The second-order valence-electron chi connectivity index (χ2n) is 8.21. The molecule has 4 rings (SSSR count). The van der Waals surface area contributed by atoms with E-state index in [2.05, 4.69) is 15.0 Å². The Kier molecular flexibility index (Phi) is 6.34. The number of nitrogens with zero attached hydrogens (tertiary/aromatic N) is 2. The second kappa shape index (κ2) is 9.05. The molecule has 2 heterocycles. The lowest BCUT2D eigenvalue weighted by Gasteiger charge is -2.28. The molecular formula is C23H21ClF3N3O3. The zero-order valence-electron chi connectivity index (χ0n) is 17.5. The van der Waals surface area contributed by atoms with Crippen LogP contribution in [-0.2, 0) is 9.53 Å². The van der Waals surface area contributed by atoms with Crippen molar-refractivity contribution in [3.05, 3.63) is 59.5 Å². The van der Waals surface area contributed by atoms with Crippen LogP contribution in [0, 0.1) is 5.41 Å². The minimum absolute atomic E-state index is 0.0746. The van der Waals surface area contributed by atoms with Gasteiger partial charge in [-0.25, -0.2) is 9.78 Å². The summed E-state index contributed by atoms with van der Waals surface area (Å²) < 4.78 is 43.8. The minimum Gasteiger partial charge on any atom is -0.458 e. The molecule has 10 heteroatoms. The van der Waals surface area contributed by atoms with Crippen LogP contribution in [0.2, 0.25) is 5.02 Å². The van der Waals surface area contributed by atoms with E-state index in [4.69, 9.17) is 11.6 Å². The third-order valence-electron chi connectivity index (χ3n) is 5.88. The number of rotatable bonds is 6. The van der Waals surface area contributed by atoms with E-state index in [9.17, 15) is 22.8 Å². The van der Waals surface area contributed by atoms with E-state index >= 15 is 0 Å². The number of carbonyl (C=O) groups is 2. The summed E-state index contributed by atoms with van der Waals surface area (Å²) in [5.41, 5.74) is 1.30. The van der Waals surface area contributed by atoms with E-state index < -0.39 is 30.1 Å². The molecule has 2 aromatic heterocycles. The van der Waals surface area contributed by atoms with Gasteiger partial charge >= 0.3 is 12.1 Å². The average molecular weight is 480 g/mol. The van der Waals surface area contributed by atoms with Gasteiger partial charge in [-0.15, -0.1) is 0 Å². The maximum atomic E-state index is 13.1. The Hall–Kier alpha value is -3.07. The number of alkyl halides is 3. The Morgan fingerprint density at radius 1 is 1.15 bits per heavy atom. The fourth-order valence-electron chi connectivity index (χ4n) is 4.19. The van der Waals surface area contributed by atoms with Crippen LogP contribution in [0.4, 0.5) is 13.2 Å². The predicted molar refractivity (Wildman–Crippen MR) is 116 cm³/mol. The standard InChI is InChI=1S/C23H21ClF3N3O3/c24-16-7-5-6-15(12-16)18-17-8-1-4-11-30(17)19(29-18)20(31)28-13-22(9-2-3-10-22)14-33-21(32)23(25,26)27/h1,4-8,11-12H,2-3,9-10,13-14H2,(H,28,31). The molecule has 33 heavy (non-hydrogen) atoms. The Morgan fingerprint density at radius 2 is 1.91 bits per heavy atom. The number of hydrogen-bond donors (Lipinski definition) is 1. The number of ether oxygens (including phenoxy) is 1. The number of halogens is 4. The summed E-state index contributed by atoms with van der Waals surface area (Å²) in [4.78, 5) is 28.8. The van der Waals surface area contributed by atoms with Gasteiger partial charge in [-0.2, -0.15) is 13.2 Å². The van der Waals surface area contributed by atoms with Crippen LogP contribution in [0.3, 0.4) is 0 Å². The van der Waals surface area contributed by atoms with Crippen LogP contribution in [0.5, 0.6) is 0 Å². The Bertz CT molecular complexity index is 1190. The van der Waals surface area contributed by atoms with Gasteiger partial charge in [0.25, 0.3) is 5.91 Å². The number of fused-ring (bicyclic) bond motifs is 1. The van der Waals surface area contributed by atoms with Crippen molar-refractivity contribution in [2.75, 3.05) is 13.2 Å². The summed E-state index contributed by atoms with van der Waals surface area (Å²) in [5.74, 6) is -2.55. The van der Waals surface area contributed by atoms with Crippen molar-refractivity contribution >= 4 is 29.0 Å². The van der Waals surface area contributed by atoms with E-state index in [-0.39, 0.29) is 12.4 Å². The predicted octanol–water partition coefficient (Wildman–Crippen LogP) is 5.05. The zero-order valence-corrected chi connectivity index (χ0v) is 18.2. The molecule has 0 atom stereocenters. The maximum Gasteiger partial charge on any atom is 0.490 e. The first-order valence-corrected chi connectivity index (χ1v) is 10.8.